The molecule has 64 heavy (non-hydrogen) atoms. The zero-order valence-electron chi connectivity index (χ0n) is 36.8. The lowest BCUT2D eigenvalue weighted by molar-refractivity contribution is -0.145. The maximum atomic E-state index is 14.2. The number of nitrogens with one attached hydrogen (secondary N) is 3. The van der Waals surface area contributed by atoms with E-state index in [-0.39, 0.29) is 32.1 Å². The molecule has 0 unspecified atom stereocenters. The summed E-state index contributed by atoms with van der Waals surface area (Å²) in [4.78, 5) is 98.9. The molecule has 2 heterocycles. The van der Waals surface area contributed by atoms with Gasteiger partial charge in [-0.3, -0.25) is 33.7 Å². The van der Waals surface area contributed by atoms with E-state index >= 15 is 0 Å². The second-order valence-corrected chi connectivity index (χ2v) is 16.7. The summed E-state index contributed by atoms with van der Waals surface area (Å²) >= 11 is 0. The number of carboxylic acid groups (broad SMARTS) is 1. The minimum Gasteiger partial charge on any atom is -0.481 e. The van der Waals surface area contributed by atoms with Crippen molar-refractivity contribution in [3.8, 4) is 11.1 Å². The van der Waals surface area contributed by atoms with Gasteiger partial charge in [-0.25, -0.2) is 4.79 Å². The van der Waals surface area contributed by atoms with Crippen LogP contribution in [0.1, 0.15) is 81.4 Å². The van der Waals surface area contributed by atoms with Crippen molar-refractivity contribution in [3.05, 3.63) is 95.6 Å². The molecule has 0 bridgehead atoms. The zero-order valence-corrected chi connectivity index (χ0v) is 36.8. The SMILES string of the molecule is CCCOC[C@H](NC(=O)[C@@H]1CCCN1C(=O)OCC1c2ccccc2-c2ccccc21)C(=O)N(C)[C@@H](C)C(=O)N[C@@H](Cc1ccccc1)C(=O)N[C@@H](CC(=O)O)C(=O)N1CCCCC1. The van der Waals surface area contributed by atoms with E-state index in [2.05, 4.69) is 16.0 Å². The van der Waals surface area contributed by atoms with E-state index in [0.717, 1.165) is 46.4 Å². The van der Waals surface area contributed by atoms with Gasteiger partial charge in [0.1, 0.15) is 36.8 Å². The number of carbonyl (C=O) groups is 7. The van der Waals surface area contributed by atoms with Gasteiger partial charge in [0.15, 0.2) is 0 Å². The lowest BCUT2D eigenvalue weighted by atomic mass is 9.98. The monoisotopic (exact) mass is 880 g/mol. The third kappa shape index (κ3) is 11.6. The summed E-state index contributed by atoms with van der Waals surface area (Å²) in [5, 5.41) is 17.7. The topological polar surface area (TPSA) is 204 Å². The number of fused-ring (bicyclic) bond motifs is 3. The Morgan fingerprint density at radius 2 is 1.39 bits per heavy atom. The largest absolute Gasteiger partial charge is 0.481 e. The molecule has 4 N–H and O–H groups in total. The minimum absolute atomic E-state index is 0.00555. The van der Waals surface area contributed by atoms with E-state index in [4.69, 9.17) is 9.47 Å². The number of aliphatic carboxylic acids is 1. The van der Waals surface area contributed by atoms with Crippen LogP contribution in [-0.2, 0) is 44.7 Å². The molecule has 6 amide bonds. The van der Waals surface area contributed by atoms with E-state index in [1.54, 1.807) is 35.2 Å². The fourth-order valence-electron chi connectivity index (χ4n) is 8.67. The molecule has 3 aromatic carbocycles. The molecule has 2 saturated heterocycles. The molecule has 0 radical (unpaired) electrons. The van der Waals surface area contributed by atoms with Crippen LogP contribution in [0.25, 0.3) is 11.1 Å². The molecule has 16 heteroatoms. The van der Waals surface area contributed by atoms with Gasteiger partial charge in [0.25, 0.3) is 0 Å². The molecule has 2 fully saturated rings. The van der Waals surface area contributed by atoms with Crippen LogP contribution >= 0.6 is 0 Å². The average molecular weight is 881 g/mol. The highest BCUT2D eigenvalue weighted by Crippen LogP contribution is 2.44. The number of ether oxygens (including phenoxy) is 2. The smallest absolute Gasteiger partial charge is 0.410 e. The second kappa shape index (κ2) is 22.4. The predicted molar refractivity (Wildman–Crippen MR) is 237 cm³/mol. The number of likely N-dealkylation sites (N-methyl/N-ethyl adjacent to an activating group) is 1. The van der Waals surface area contributed by atoms with Crippen molar-refractivity contribution in [2.45, 2.75) is 101 Å². The Bertz CT molecular complexity index is 2100. The van der Waals surface area contributed by atoms with Crippen molar-refractivity contribution >= 4 is 41.6 Å². The molecule has 5 atom stereocenters. The van der Waals surface area contributed by atoms with E-state index in [0.29, 0.717) is 44.5 Å². The lowest BCUT2D eigenvalue weighted by Crippen LogP contribution is -2.60. The van der Waals surface area contributed by atoms with Gasteiger partial charge in [0.05, 0.1) is 13.0 Å². The van der Waals surface area contributed by atoms with E-state index in [9.17, 15) is 38.7 Å². The van der Waals surface area contributed by atoms with E-state index < -0.39 is 78.2 Å². The van der Waals surface area contributed by atoms with Crippen LogP contribution in [0.4, 0.5) is 4.79 Å². The van der Waals surface area contributed by atoms with Gasteiger partial charge in [-0.15, -0.1) is 0 Å². The molecule has 2 aliphatic heterocycles. The molecule has 16 nitrogen and oxygen atoms in total. The number of amides is 6. The van der Waals surface area contributed by atoms with Crippen molar-refractivity contribution in [3.63, 3.8) is 0 Å². The fraction of sp³-hybridized carbons (Fsp3) is 0.479. The normalized spacial score (nSPS) is 17.5. The Kier molecular flexibility index (Phi) is 16.5. The fourth-order valence-corrected chi connectivity index (χ4v) is 8.67. The molecular weight excluding hydrogens is 821 g/mol. The first-order valence-corrected chi connectivity index (χ1v) is 22.3. The van der Waals surface area contributed by atoms with Crippen LogP contribution in [-0.4, -0.2) is 138 Å². The van der Waals surface area contributed by atoms with Crippen LogP contribution < -0.4 is 16.0 Å². The Morgan fingerprint density at radius 1 is 0.766 bits per heavy atom. The summed E-state index contributed by atoms with van der Waals surface area (Å²) in [6.45, 7) is 4.75. The Hall–Kier alpha value is -6.29. The third-order valence-electron chi connectivity index (χ3n) is 12.3. The van der Waals surface area contributed by atoms with Gasteiger partial charge < -0.3 is 40.3 Å². The van der Waals surface area contributed by atoms with E-state index in [1.165, 1.54) is 18.9 Å². The van der Waals surface area contributed by atoms with Gasteiger partial charge in [0.2, 0.25) is 29.5 Å². The highest BCUT2D eigenvalue weighted by Gasteiger charge is 2.40. The number of likely N-dealkylation sites (tertiary alicyclic amines) is 2. The molecule has 0 spiro atoms. The van der Waals surface area contributed by atoms with E-state index in [1.807, 2.05) is 55.5 Å². The standard InChI is InChI=1S/C48H60N6O10/c1-4-26-63-30-40(51-45(59)41-22-15-25-54(41)48(62)64-29-37-35-20-11-9-18-33(35)34-19-10-12-21-36(34)37)46(60)52(3)31(2)43(57)49-38(27-32-16-7-5-8-17-32)44(58)50-39(28-42(55)56)47(61)53-23-13-6-14-24-53/h5,7-12,16-21,31,37-41H,4,6,13-15,22-30H2,1-3H3,(H,49,57)(H,50,58)(H,51,59)(H,55,56)/t31-,38-,39-,40-,41-/m0/s1. The molecule has 3 aromatic rings. The Balaban J connectivity index is 1.11. The lowest BCUT2D eigenvalue weighted by Gasteiger charge is -2.32. The maximum Gasteiger partial charge on any atom is 0.410 e. The number of rotatable bonds is 19. The number of hydrogen-bond donors (Lipinski definition) is 4. The van der Waals surface area contributed by atoms with Crippen molar-refractivity contribution < 1.29 is 48.1 Å². The van der Waals surface area contributed by atoms with Gasteiger partial charge in [-0.05, 0) is 73.3 Å². The van der Waals surface area contributed by atoms with Crippen LogP contribution in [0.2, 0.25) is 0 Å². The van der Waals surface area contributed by atoms with Crippen LogP contribution in [0.5, 0.6) is 0 Å². The maximum absolute atomic E-state index is 14.2. The first kappa shape index (κ1) is 47.2. The number of benzene rings is 3. The summed E-state index contributed by atoms with van der Waals surface area (Å²) < 4.78 is 11.6. The third-order valence-corrected chi connectivity index (χ3v) is 12.3. The van der Waals surface area contributed by atoms with Gasteiger partial charge in [0, 0.05) is 45.6 Å². The number of carboxylic acids is 1. The highest BCUT2D eigenvalue weighted by atomic mass is 16.6. The number of piperidine rings is 1. The van der Waals surface area contributed by atoms with Gasteiger partial charge >= 0.3 is 12.1 Å². The molecule has 6 rings (SSSR count). The molecule has 342 valence electrons. The summed E-state index contributed by atoms with van der Waals surface area (Å²) in [5.74, 6) is -4.61. The van der Waals surface area contributed by atoms with Crippen LogP contribution in [0.3, 0.4) is 0 Å². The number of nitrogens with zero attached hydrogens (tertiary/aromatic N) is 3. The van der Waals surface area contributed by atoms with Crippen molar-refractivity contribution in [1.29, 1.82) is 0 Å². The van der Waals surface area contributed by atoms with Crippen LogP contribution in [0, 0.1) is 0 Å². The van der Waals surface area contributed by atoms with Gasteiger partial charge in [-0.2, -0.15) is 0 Å². The summed E-state index contributed by atoms with van der Waals surface area (Å²) in [6, 6.07) is 19.0. The van der Waals surface area contributed by atoms with Crippen molar-refractivity contribution in [2.24, 2.45) is 0 Å². The molecular formula is C48H60N6O10. The van der Waals surface area contributed by atoms with Gasteiger partial charge in [-0.1, -0.05) is 85.8 Å². The van der Waals surface area contributed by atoms with Crippen molar-refractivity contribution in [2.75, 3.05) is 46.5 Å². The first-order valence-electron chi connectivity index (χ1n) is 22.3. The predicted octanol–water partition coefficient (Wildman–Crippen LogP) is 3.86. The van der Waals surface area contributed by atoms with Crippen molar-refractivity contribution in [1.82, 2.24) is 30.7 Å². The summed E-state index contributed by atoms with van der Waals surface area (Å²) in [5.41, 5.74) is 5.00. The Labute approximate surface area is 374 Å². The minimum atomic E-state index is -1.35. The summed E-state index contributed by atoms with van der Waals surface area (Å²) in [7, 11) is 1.40. The second-order valence-electron chi connectivity index (χ2n) is 16.7. The quantitative estimate of drug-likeness (QED) is 0.128. The summed E-state index contributed by atoms with van der Waals surface area (Å²) in [6.07, 6.45) is 2.76. The number of hydrogen-bond acceptors (Lipinski definition) is 9. The first-order chi connectivity index (χ1) is 30.9. The highest BCUT2D eigenvalue weighted by molar-refractivity contribution is 5.97. The number of carbonyl (C=O) groups excluding carboxylic acids is 6. The Morgan fingerprint density at radius 3 is 2.03 bits per heavy atom. The molecule has 0 aromatic heterocycles. The molecule has 1 aliphatic carbocycles. The zero-order chi connectivity index (χ0) is 45.8. The average Bonchev–Trinajstić information content (AvgIpc) is 3.93. The van der Waals surface area contributed by atoms with Crippen LogP contribution in [0.15, 0.2) is 78.9 Å². The molecule has 3 aliphatic rings. The molecule has 0 saturated carbocycles.